The second kappa shape index (κ2) is 5.80. The van der Waals surface area contributed by atoms with Gasteiger partial charge in [-0.1, -0.05) is 0 Å². The molecule has 19 heavy (non-hydrogen) atoms. The summed E-state index contributed by atoms with van der Waals surface area (Å²) in [7, 11) is 2.05. The van der Waals surface area contributed by atoms with Gasteiger partial charge in [0.1, 0.15) is 5.75 Å². The molecule has 0 spiro atoms. The summed E-state index contributed by atoms with van der Waals surface area (Å²) in [5, 5.41) is 9.47. The molecule has 0 atom stereocenters. The SMILES string of the molecule is CCOc1ccc(N(C)CC2(CO)COC2)cc1C. The topological polar surface area (TPSA) is 41.9 Å². The first-order chi connectivity index (χ1) is 9.10. The first kappa shape index (κ1) is 14.2. The Labute approximate surface area is 114 Å². The van der Waals surface area contributed by atoms with Crippen molar-refractivity contribution < 1.29 is 14.6 Å². The molecule has 0 aliphatic carbocycles. The average Bonchev–Trinajstić information content (AvgIpc) is 2.36. The number of nitrogens with zero attached hydrogens (tertiary/aromatic N) is 1. The van der Waals surface area contributed by atoms with Gasteiger partial charge in [-0.15, -0.1) is 0 Å². The highest BCUT2D eigenvalue weighted by Gasteiger charge is 2.39. The highest BCUT2D eigenvalue weighted by molar-refractivity contribution is 5.52. The number of aliphatic hydroxyl groups excluding tert-OH is 1. The Balaban J connectivity index is 2.06. The molecule has 4 heteroatoms. The second-order valence-corrected chi connectivity index (χ2v) is 5.39. The molecule has 1 aliphatic heterocycles. The number of aryl methyl sites for hydroxylation is 1. The minimum absolute atomic E-state index is 0.0960. The average molecular weight is 265 g/mol. The zero-order valence-corrected chi connectivity index (χ0v) is 12.0. The van der Waals surface area contributed by atoms with Gasteiger partial charge in [0.25, 0.3) is 0 Å². The molecule has 0 radical (unpaired) electrons. The smallest absolute Gasteiger partial charge is 0.122 e. The standard InChI is InChI=1S/C15H23NO3/c1-4-19-14-6-5-13(7-12(14)2)16(3)8-15(9-17)10-18-11-15/h5-7,17H,4,8-11H2,1-3H3. The van der Waals surface area contributed by atoms with Crippen LogP contribution in [0.3, 0.4) is 0 Å². The van der Waals surface area contributed by atoms with Gasteiger partial charge in [0.05, 0.1) is 31.8 Å². The Kier molecular flexibility index (Phi) is 4.32. The molecular formula is C15H23NO3. The Morgan fingerprint density at radius 3 is 2.63 bits per heavy atom. The Hall–Kier alpha value is -1.26. The summed E-state index contributed by atoms with van der Waals surface area (Å²) in [5.74, 6) is 0.934. The molecule has 1 saturated heterocycles. The highest BCUT2D eigenvalue weighted by Crippen LogP contribution is 2.31. The van der Waals surface area contributed by atoms with Crippen LogP contribution in [0.1, 0.15) is 12.5 Å². The number of hydrogen-bond donors (Lipinski definition) is 1. The van der Waals surface area contributed by atoms with E-state index in [0.29, 0.717) is 19.8 Å². The maximum Gasteiger partial charge on any atom is 0.122 e. The van der Waals surface area contributed by atoms with E-state index in [9.17, 15) is 5.11 Å². The molecule has 106 valence electrons. The van der Waals surface area contributed by atoms with E-state index in [1.54, 1.807) is 0 Å². The number of anilines is 1. The number of benzene rings is 1. The summed E-state index contributed by atoms with van der Waals surface area (Å²) in [6, 6.07) is 6.19. The van der Waals surface area contributed by atoms with Gasteiger partial charge in [0.15, 0.2) is 0 Å². The molecule has 0 saturated carbocycles. The zero-order chi connectivity index (χ0) is 13.9. The maximum atomic E-state index is 9.47. The monoisotopic (exact) mass is 265 g/mol. The van der Waals surface area contributed by atoms with Crippen LogP contribution in [-0.4, -0.2) is 45.1 Å². The van der Waals surface area contributed by atoms with Crippen LogP contribution in [0.15, 0.2) is 18.2 Å². The Morgan fingerprint density at radius 2 is 2.16 bits per heavy atom. The first-order valence-corrected chi connectivity index (χ1v) is 6.73. The van der Waals surface area contributed by atoms with Gasteiger partial charge < -0.3 is 19.5 Å². The van der Waals surface area contributed by atoms with Crippen LogP contribution in [-0.2, 0) is 4.74 Å². The van der Waals surface area contributed by atoms with Crippen molar-refractivity contribution in [3.8, 4) is 5.75 Å². The van der Waals surface area contributed by atoms with E-state index in [1.165, 1.54) is 0 Å². The zero-order valence-electron chi connectivity index (χ0n) is 12.0. The molecular weight excluding hydrogens is 242 g/mol. The van der Waals surface area contributed by atoms with Crippen molar-refractivity contribution in [1.82, 2.24) is 0 Å². The van der Waals surface area contributed by atoms with Crippen LogP contribution in [0, 0.1) is 12.3 Å². The molecule has 1 aromatic rings. The van der Waals surface area contributed by atoms with Gasteiger partial charge in [-0.05, 0) is 37.6 Å². The van der Waals surface area contributed by atoms with E-state index in [-0.39, 0.29) is 12.0 Å². The molecule has 4 nitrogen and oxygen atoms in total. The van der Waals surface area contributed by atoms with Crippen molar-refractivity contribution >= 4 is 5.69 Å². The van der Waals surface area contributed by atoms with Crippen molar-refractivity contribution in [2.75, 3.05) is 44.9 Å². The van der Waals surface area contributed by atoms with Crippen molar-refractivity contribution in [2.45, 2.75) is 13.8 Å². The lowest BCUT2D eigenvalue weighted by atomic mass is 9.86. The molecule has 2 rings (SSSR count). The van der Waals surface area contributed by atoms with Crippen molar-refractivity contribution in [3.05, 3.63) is 23.8 Å². The summed E-state index contributed by atoms with van der Waals surface area (Å²) >= 11 is 0. The quantitative estimate of drug-likeness (QED) is 0.852. The van der Waals surface area contributed by atoms with E-state index in [1.807, 2.05) is 20.0 Å². The minimum atomic E-state index is -0.0960. The van der Waals surface area contributed by atoms with E-state index in [2.05, 4.69) is 24.0 Å². The van der Waals surface area contributed by atoms with Gasteiger partial charge in [-0.2, -0.15) is 0 Å². The summed E-state index contributed by atoms with van der Waals surface area (Å²) in [4.78, 5) is 2.17. The van der Waals surface area contributed by atoms with Crippen LogP contribution >= 0.6 is 0 Å². The van der Waals surface area contributed by atoms with E-state index < -0.39 is 0 Å². The minimum Gasteiger partial charge on any atom is -0.494 e. The summed E-state index contributed by atoms with van der Waals surface area (Å²) in [5.41, 5.74) is 2.18. The molecule has 0 aromatic heterocycles. The lowest BCUT2D eigenvalue weighted by Gasteiger charge is -2.42. The lowest BCUT2D eigenvalue weighted by Crippen LogP contribution is -2.52. The molecule has 0 bridgehead atoms. The van der Waals surface area contributed by atoms with Gasteiger partial charge in [-0.25, -0.2) is 0 Å². The molecule has 1 fully saturated rings. The van der Waals surface area contributed by atoms with Gasteiger partial charge in [0, 0.05) is 19.3 Å². The fraction of sp³-hybridized carbons (Fsp3) is 0.600. The molecule has 1 N–H and O–H groups in total. The largest absolute Gasteiger partial charge is 0.494 e. The van der Waals surface area contributed by atoms with Gasteiger partial charge >= 0.3 is 0 Å². The maximum absolute atomic E-state index is 9.47. The van der Waals surface area contributed by atoms with Crippen LogP contribution in [0.2, 0.25) is 0 Å². The molecule has 1 aromatic carbocycles. The normalized spacial score (nSPS) is 16.8. The Morgan fingerprint density at radius 1 is 1.42 bits per heavy atom. The molecule has 0 amide bonds. The van der Waals surface area contributed by atoms with Crippen molar-refractivity contribution in [3.63, 3.8) is 0 Å². The second-order valence-electron chi connectivity index (χ2n) is 5.39. The first-order valence-electron chi connectivity index (χ1n) is 6.73. The summed E-state index contributed by atoms with van der Waals surface area (Å²) in [6.07, 6.45) is 0. The number of rotatable bonds is 6. The van der Waals surface area contributed by atoms with Crippen molar-refractivity contribution in [1.29, 1.82) is 0 Å². The molecule has 0 unspecified atom stereocenters. The lowest BCUT2D eigenvalue weighted by molar-refractivity contribution is -0.130. The third-order valence-electron chi connectivity index (χ3n) is 3.62. The predicted molar refractivity (Wildman–Crippen MR) is 76.0 cm³/mol. The summed E-state index contributed by atoms with van der Waals surface area (Å²) < 4.78 is 10.8. The third-order valence-corrected chi connectivity index (χ3v) is 3.62. The fourth-order valence-corrected chi connectivity index (χ4v) is 2.41. The summed E-state index contributed by atoms with van der Waals surface area (Å²) in [6.45, 7) is 6.98. The molecule has 1 heterocycles. The molecule has 1 aliphatic rings. The highest BCUT2D eigenvalue weighted by atomic mass is 16.5. The van der Waals surface area contributed by atoms with Crippen LogP contribution < -0.4 is 9.64 Å². The van der Waals surface area contributed by atoms with Crippen LogP contribution in [0.5, 0.6) is 5.75 Å². The third kappa shape index (κ3) is 3.01. The number of ether oxygens (including phenoxy) is 2. The predicted octanol–water partition coefficient (Wildman–Crippen LogP) is 1.84. The number of aliphatic hydroxyl groups is 1. The van der Waals surface area contributed by atoms with E-state index >= 15 is 0 Å². The van der Waals surface area contributed by atoms with Crippen molar-refractivity contribution in [2.24, 2.45) is 5.41 Å². The van der Waals surface area contributed by atoms with E-state index in [0.717, 1.165) is 23.5 Å². The van der Waals surface area contributed by atoms with Crippen LogP contribution in [0.4, 0.5) is 5.69 Å². The number of hydrogen-bond acceptors (Lipinski definition) is 4. The van der Waals surface area contributed by atoms with E-state index in [4.69, 9.17) is 9.47 Å². The fourth-order valence-electron chi connectivity index (χ4n) is 2.41. The van der Waals surface area contributed by atoms with Gasteiger partial charge in [0.2, 0.25) is 0 Å². The van der Waals surface area contributed by atoms with Crippen LogP contribution in [0.25, 0.3) is 0 Å². The van der Waals surface area contributed by atoms with Gasteiger partial charge in [-0.3, -0.25) is 0 Å². The Bertz CT molecular complexity index is 424.